The van der Waals surface area contributed by atoms with E-state index in [2.05, 4.69) is 25.7 Å². The van der Waals surface area contributed by atoms with E-state index in [1.165, 1.54) is 17.3 Å². The second kappa shape index (κ2) is 9.07. The van der Waals surface area contributed by atoms with Crippen LogP contribution in [0.15, 0.2) is 29.4 Å². The number of imide groups is 1. The maximum absolute atomic E-state index is 12.5. The predicted octanol–water partition coefficient (Wildman–Crippen LogP) is 3.28. The lowest BCUT2D eigenvalue weighted by Gasteiger charge is -2.21. The molecule has 2 N–H and O–H groups in total. The number of aromatic nitrogens is 3. The van der Waals surface area contributed by atoms with E-state index in [0.29, 0.717) is 5.16 Å². The summed E-state index contributed by atoms with van der Waals surface area (Å²) in [4.78, 5) is 26.8. The highest BCUT2D eigenvalue weighted by Gasteiger charge is 2.26. The third-order valence-corrected chi connectivity index (χ3v) is 5.72. The number of urea groups is 1. The molecule has 2 aromatic rings. The normalized spacial score (nSPS) is 15.2. The topological polar surface area (TPSA) is 92.2 Å². The Kier molecular flexibility index (Phi) is 6.70. The van der Waals surface area contributed by atoms with Gasteiger partial charge in [0.2, 0.25) is 11.9 Å². The molecule has 0 bridgehead atoms. The summed E-state index contributed by atoms with van der Waals surface area (Å²) in [5.41, 5.74) is 1.70. The highest BCUT2D eigenvalue weighted by Crippen LogP contribution is 2.30. The number of benzene rings is 1. The first kappa shape index (κ1) is 22.1. The van der Waals surface area contributed by atoms with Crippen molar-refractivity contribution in [2.45, 2.75) is 63.4 Å². The second-order valence-electron chi connectivity index (χ2n) is 8.60. The van der Waals surface area contributed by atoms with E-state index in [0.717, 1.165) is 37.6 Å². The van der Waals surface area contributed by atoms with Crippen LogP contribution < -0.4 is 15.5 Å². The fourth-order valence-corrected chi connectivity index (χ4v) is 4.04. The number of nitrogens with zero attached hydrogens (tertiary/aromatic N) is 4. The van der Waals surface area contributed by atoms with E-state index >= 15 is 0 Å². The van der Waals surface area contributed by atoms with Crippen molar-refractivity contribution in [2.75, 3.05) is 18.0 Å². The van der Waals surface area contributed by atoms with Gasteiger partial charge in [-0.3, -0.25) is 14.7 Å². The molecule has 162 valence electrons. The zero-order valence-electron chi connectivity index (χ0n) is 18.2. The van der Waals surface area contributed by atoms with E-state index in [4.69, 9.17) is 0 Å². The average molecular weight is 431 g/mol. The van der Waals surface area contributed by atoms with Crippen LogP contribution in [-0.2, 0) is 4.79 Å². The van der Waals surface area contributed by atoms with Crippen molar-refractivity contribution in [3.63, 3.8) is 0 Å². The molecular formula is C21H30N6O2S. The molecule has 1 aliphatic rings. The van der Waals surface area contributed by atoms with E-state index < -0.39 is 16.8 Å². The SMILES string of the molecule is Cc1ccc(-n2c(S[C@@H](C)C(=O)NC(=O)NC(C)(C)C)nnc2N2CCCC2)cc1. The van der Waals surface area contributed by atoms with Crippen LogP contribution in [0.5, 0.6) is 0 Å². The highest BCUT2D eigenvalue weighted by molar-refractivity contribution is 8.00. The van der Waals surface area contributed by atoms with Crippen molar-refractivity contribution in [3.8, 4) is 5.69 Å². The summed E-state index contributed by atoms with van der Waals surface area (Å²) >= 11 is 1.29. The number of hydrogen-bond donors (Lipinski definition) is 2. The van der Waals surface area contributed by atoms with Crippen LogP contribution in [-0.4, -0.2) is 50.6 Å². The molecule has 1 aromatic heterocycles. The zero-order valence-corrected chi connectivity index (χ0v) is 19.0. The molecule has 1 saturated heterocycles. The standard InChI is InChI=1S/C21H30N6O2S/c1-14-8-10-16(11-9-14)27-19(26-12-6-7-13-26)24-25-20(27)30-15(2)17(28)22-18(29)23-21(3,4)5/h8-11,15H,6-7,12-13H2,1-5H3,(H2,22,23,28,29)/t15-/m0/s1. The minimum absolute atomic E-state index is 0.372. The van der Waals surface area contributed by atoms with Gasteiger partial charge in [0.15, 0.2) is 5.16 Å². The number of anilines is 1. The lowest BCUT2D eigenvalue weighted by molar-refractivity contribution is -0.119. The van der Waals surface area contributed by atoms with Gasteiger partial charge in [0.1, 0.15) is 0 Å². The highest BCUT2D eigenvalue weighted by atomic mass is 32.2. The average Bonchev–Trinajstić information content (AvgIpc) is 3.30. The van der Waals surface area contributed by atoms with Gasteiger partial charge in [-0.05, 0) is 59.6 Å². The van der Waals surface area contributed by atoms with Crippen molar-refractivity contribution in [1.29, 1.82) is 0 Å². The Morgan fingerprint density at radius 3 is 2.33 bits per heavy atom. The predicted molar refractivity (Wildman–Crippen MR) is 119 cm³/mol. The lowest BCUT2D eigenvalue weighted by atomic mass is 10.1. The number of rotatable bonds is 5. The molecular weight excluding hydrogens is 400 g/mol. The van der Waals surface area contributed by atoms with Crippen LogP contribution in [0, 0.1) is 6.92 Å². The number of aryl methyl sites for hydroxylation is 1. The van der Waals surface area contributed by atoms with Crippen molar-refractivity contribution in [2.24, 2.45) is 0 Å². The molecule has 30 heavy (non-hydrogen) atoms. The van der Waals surface area contributed by atoms with E-state index in [9.17, 15) is 9.59 Å². The Balaban J connectivity index is 1.80. The Labute approximate surface area is 181 Å². The molecule has 3 rings (SSSR count). The third-order valence-electron chi connectivity index (χ3n) is 4.67. The van der Waals surface area contributed by atoms with Gasteiger partial charge < -0.3 is 10.2 Å². The monoisotopic (exact) mass is 430 g/mol. The molecule has 9 heteroatoms. The van der Waals surface area contributed by atoms with Crippen LogP contribution in [0.1, 0.15) is 46.1 Å². The van der Waals surface area contributed by atoms with E-state index in [-0.39, 0.29) is 5.91 Å². The van der Waals surface area contributed by atoms with E-state index in [1.807, 2.05) is 56.5 Å². The quantitative estimate of drug-likeness (QED) is 0.708. The largest absolute Gasteiger partial charge is 0.341 e. The summed E-state index contributed by atoms with van der Waals surface area (Å²) in [6.07, 6.45) is 2.26. The van der Waals surface area contributed by atoms with Gasteiger partial charge in [-0.1, -0.05) is 29.5 Å². The third kappa shape index (κ3) is 5.53. The first-order valence-electron chi connectivity index (χ1n) is 10.2. The maximum Gasteiger partial charge on any atom is 0.321 e. The van der Waals surface area contributed by atoms with Gasteiger partial charge >= 0.3 is 6.03 Å². The van der Waals surface area contributed by atoms with E-state index in [1.54, 1.807) is 6.92 Å². The molecule has 0 unspecified atom stereocenters. The molecule has 2 heterocycles. The first-order chi connectivity index (χ1) is 14.1. The number of hydrogen-bond acceptors (Lipinski definition) is 6. The smallest absolute Gasteiger partial charge is 0.321 e. The number of nitrogens with one attached hydrogen (secondary N) is 2. The molecule has 0 saturated carbocycles. The van der Waals surface area contributed by atoms with Crippen LogP contribution >= 0.6 is 11.8 Å². The fraction of sp³-hybridized carbons (Fsp3) is 0.524. The molecule has 1 fully saturated rings. The summed E-state index contributed by atoms with van der Waals surface area (Å²) in [5.74, 6) is 0.417. The molecule has 3 amide bonds. The molecule has 8 nitrogen and oxygen atoms in total. The van der Waals surface area contributed by atoms with Crippen LogP contribution in [0.2, 0.25) is 0 Å². The van der Waals surface area contributed by atoms with Gasteiger partial charge in [-0.2, -0.15) is 0 Å². The van der Waals surface area contributed by atoms with Gasteiger partial charge in [0.25, 0.3) is 0 Å². The number of amides is 3. The minimum Gasteiger partial charge on any atom is -0.341 e. The Morgan fingerprint density at radius 2 is 1.73 bits per heavy atom. The maximum atomic E-state index is 12.5. The van der Waals surface area contributed by atoms with Gasteiger partial charge in [0.05, 0.1) is 10.9 Å². The molecule has 0 radical (unpaired) electrons. The molecule has 0 spiro atoms. The summed E-state index contributed by atoms with van der Waals surface area (Å²) in [5, 5.41) is 14.0. The summed E-state index contributed by atoms with van der Waals surface area (Å²) in [6.45, 7) is 11.3. The van der Waals surface area contributed by atoms with Crippen molar-refractivity contribution in [3.05, 3.63) is 29.8 Å². The summed E-state index contributed by atoms with van der Waals surface area (Å²) in [7, 11) is 0. The summed E-state index contributed by atoms with van der Waals surface area (Å²) < 4.78 is 1.99. The number of thioether (sulfide) groups is 1. The number of carbonyl (C=O) groups excluding carboxylic acids is 2. The lowest BCUT2D eigenvalue weighted by Crippen LogP contribution is -2.49. The first-order valence-corrected chi connectivity index (χ1v) is 11.1. The number of carbonyl (C=O) groups is 2. The Hall–Kier alpha value is -2.55. The van der Waals surface area contributed by atoms with Crippen molar-refractivity contribution < 1.29 is 9.59 Å². The fourth-order valence-electron chi connectivity index (χ4n) is 3.18. The zero-order chi connectivity index (χ0) is 21.9. The Morgan fingerprint density at radius 1 is 1.10 bits per heavy atom. The molecule has 1 aliphatic heterocycles. The van der Waals surface area contributed by atoms with Crippen molar-refractivity contribution in [1.82, 2.24) is 25.4 Å². The Bertz CT molecular complexity index is 897. The van der Waals surface area contributed by atoms with Crippen LogP contribution in [0.3, 0.4) is 0 Å². The molecule has 0 aliphatic carbocycles. The minimum atomic E-state index is -0.518. The second-order valence-corrected chi connectivity index (χ2v) is 9.91. The van der Waals surface area contributed by atoms with Crippen molar-refractivity contribution >= 4 is 29.6 Å². The molecule has 1 atom stereocenters. The molecule has 1 aromatic carbocycles. The van der Waals surface area contributed by atoms with Gasteiger partial charge in [0, 0.05) is 18.6 Å². The van der Waals surface area contributed by atoms with Gasteiger partial charge in [-0.25, -0.2) is 4.79 Å². The summed E-state index contributed by atoms with van der Waals surface area (Å²) in [6, 6.07) is 7.65. The van der Waals surface area contributed by atoms with Crippen LogP contribution in [0.25, 0.3) is 5.69 Å². The van der Waals surface area contributed by atoms with Crippen LogP contribution in [0.4, 0.5) is 10.7 Å². The van der Waals surface area contributed by atoms with Gasteiger partial charge in [-0.15, -0.1) is 10.2 Å².